The minimum atomic E-state index is -3.70. The van der Waals surface area contributed by atoms with Gasteiger partial charge in [0.05, 0.1) is 11.3 Å². The average molecular weight is 404 g/mol. The van der Waals surface area contributed by atoms with Crippen LogP contribution >= 0.6 is 0 Å². The van der Waals surface area contributed by atoms with Gasteiger partial charge in [0, 0.05) is 31.7 Å². The Morgan fingerprint density at radius 2 is 1.57 bits per heavy atom. The largest absolute Gasteiger partial charge is 0.340 e. The van der Waals surface area contributed by atoms with E-state index in [4.69, 9.17) is 0 Å². The number of carbonyl (C=O) groups excluding carboxylic acids is 2. The molecule has 1 saturated heterocycles. The van der Waals surface area contributed by atoms with Crippen LogP contribution in [0.2, 0.25) is 0 Å². The molecule has 2 aromatic carbocycles. The van der Waals surface area contributed by atoms with Crippen LogP contribution in [-0.4, -0.2) is 55.5 Å². The summed E-state index contributed by atoms with van der Waals surface area (Å²) in [4.78, 5) is 25.4. The van der Waals surface area contributed by atoms with E-state index in [1.165, 1.54) is 41.6 Å². The molecule has 1 aliphatic rings. The van der Waals surface area contributed by atoms with Gasteiger partial charge in [0.2, 0.25) is 15.9 Å². The van der Waals surface area contributed by atoms with Crippen molar-refractivity contribution in [1.29, 1.82) is 0 Å². The lowest BCUT2D eigenvalue weighted by molar-refractivity contribution is -0.131. The third kappa shape index (κ3) is 4.28. The minimum absolute atomic E-state index is 0.0497. The maximum absolute atomic E-state index is 13.7. The number of piperazine rings is 1. The summed E-state index contributed by atoms with van der Waals surface area (Å²) in [6.07, 6.45) is -0.0497. The first-order valence-corrected chi connectivity index (χ1v) is 10.4. The average Bonchev–Trinajstić information content (AvgIpc) is 2.70. The molecule has 1 aliphatic heterocycles. The number of Topliss-reactive ketones (excluding diaryl/α,β-unsaturated/α-hetero) is 1. The molecule has 6 nitrogen and oxygen atoms in total. The van der Waals surface area contributed by atoms with Gasteiger partial charge < -0.3 is 4.90 Å². The SMILES string of the molecule is CC(=O)c1ccc(S(=O)(=O)N2CCN(C(=O)Cc3ccccc3F)CC2)cc1. The van der Waals surface area contributed by atoms with Crippen molar-refractivity contribution in [2.45, 2.75) is 18.2 Å². The number of carbonyl (C=O) groups is 2. The first-order chi connectivity index (χ1) is 13.3. The summed E-state index contributed by atoms with van der Waals surface area (Å²) in [6, 6.07) is 11.9. The van der Waals surface area contributed by atoms with Gasteiger partial charge in [-0.15, -0.1) is 0 Å². The molecule has 0 atom stereocenters. The molecule has 0 saturated carbocycles. The van der Waals surface area contributed by atoms with Crippen LogP contribution in [0.5, 0.6) is 0 Å². The van der Waals surface area contributed by atoms with Crippen LogP contribution in [0.15, 0.2) is 53.4 Å². The second-order valence-electron chi connectivity index (χ2n) is 6.63. The highest BCUT2D eigenvalue weighted by Crippen LogP contribution is 2.19. The number of benzene rings is 2. The molecule has 8 heteroatoms. The Kier molecular flexibility index (Phi) is 5.90. The number of hydrogen-bond acceptors (Lipinski definition) is 4. The van der Waals surface area contributed by atoms with E-state index in [1.54, 1.807) is 23.1 Å². The summed E-state index contributed by atoms with van der Waals surface area (Å²) in [6.45, 7) is 2.25. The van der Waals surface area contributed by atoms with Crippen molar-refractivity contribution in [1.82, 2.24) is 9.21 Å². The van der Waals surface area contributed by atoms with E-state index in [2.05, 4.69) is 0 Å². The topological polar surface area (TPSA) is 74.8 Å². The van der Waals surface area contributed by atoms with Crippen molar-refractivity contribution in [2.75, 3.05) is 26.2 Å². The molecular weight excluding hydrogens is 383 g/mol. The molecule has 0 radical (unpaired) electrons. The quantitative estimate of drug-likeness (QED) is 0.716. The maximum atomic E-state index is 13.7. The van der Waals surface area contributed by atoms with Crippen LogP contribution in [0.25, 0.3) is 0 Å². The normalized spacial score (nSPS) is 15.4. The first kappa shape index (κ1) is 20.2. The molecule has 0 aliphatic carbocycles. The van der Waals surface area contributed by atoms with E-state index >= 15 is 0 Å². The predicted octanol–water partition coefficient (Wildman–Crippen LogP) is 2.10. The second kappa shape index (κ2) is 8.20. The van der Waals surface area contributed by atoms with Gasteiger partial charge in [0.15, 0.2) is 5.78 Å². The lowest BCUT2D eigenvalue weighted by Crippen LogP contribution is -2.50. The van der Waals surface area contributed by atoms with Crippen molar-refractivity contribution in [3.63, 3.8) is 0 Å². The summed E-state index contributed by atoms with van der Waals surface area (Å²) in [5.41, 5.74) is 0.774. The fourth-order valence-corrected chi connectivity index (χ4v) is 4.53. The van der Waals surface area contributed by atoms with Crippen molar-refractivity contribution in [3.8, 4) is 0 Å². The Bertz CT molecular complexity index is 982. The Labute approximate surface area is 163 Å². The Morgan fingerprint density at radius 1 is 0.964 bits per heavy atom. The molecular formula is C20H21FN2O4S. The summed E-state index contributed by atoms with van der Waals surface area (Å²) < 4.78 is 40.6. The van der Waals surface area contributed by atoms with Crippen LogP contribution in [0.3, 0.4) is 0 Å². The molecule has 0 unspecified atom stereocenters. The standard InChI is InChI=1S/C20H21FN2O4S/c1-15(24)16-6-8-18(9-7-16)28(26,27)23-12-10-22(11-13-23)20(25)14-17-4-2-3-5-19(17)21/h2-9H,10-14H2,1H3. The Hall–Kier alpha value is -2.58. The summed E-state index contributed by atoms with van der Waals surface area (Å²) >= 11 is 0. The zero-order chi connectivity index (χ0) is 20.3. The monoisotopic (exact) mass is 404 g/mol. The second-order valence-corrected chi connectivity index (χ2v) is 8.57. The van der Waals surface area contributed by atoms with Crippen LogP contribution in [0.4, 0.5) is 4.39 Å². The van der Waals surface area contributed by atoms with Crippen LogP contribution < -0.4 is 0 Å². The molecule has 3 rings (SSSR count). The van der Waals surface area contributed by atoms with Gasteiger partial charge in [0.1, 0.15) is 5.82 Å². The van der Waals surface area contributed by atoms with E-state index in [-0.39, 0.29) is 49.2 Å². The smallest absolute Gasteiger partial charge is 0.243 e. The van der Waals surface area contributed by atoms with Gasteiger partial charge >= 0.3 is 0 Å². The number of sulfonamides is 1. The lowest BCUT2D eigenvalue weighted by Gasteiger charge is -2.34. The predicted molar refractivity (Wildman–Crippen MR) is 102 cm³/mol. The van der Waals surface area contributed by atoms with E-state index in [0.717, 1.165) is 0 Å². The highest BCUT2D eigenvalue weighted by Gasteiger charge is 2.30. The fraction of sp³-hybridized carbons (Fsp3) is 0.300. The van der Waals surface area contributed by atoms with Crippen LogP contribution in [0, 0.1) is 5.82 Å². The van der Waals surface area contributed by atoms with E-state index in [0.29, 0.717) is 11.1 Å². The minimum Gasteiger partial charge on any atom is -0.340 e. The third-order valence-electron chi connectivity index (χ3n) is 4.79. The zero-order valence-electron chi connectivity index (χ0n) is 15.5. The van der Waals surface area contributed by atoms with Crippen LogP contribution in [0.1, 0.15) is 22.8 Å². The summed E-state index contributed by atoms with van der Waals surface area (Å²) in [5.74, 6) is -0.787. The summed E-state index contributed by atoms with van der Waals surface area (Å²) in [5, 5.41) is 0. The van der Waals surface area contributed by atoms with Gasteiger partial charge in [-0.3, -0.25) is 9.59 Å². The summed E-state index contributed by atoms with van der Waals surface area (Å²) in [7, 11) is -3.70. The molecule has 28 heavy (non-hydrogen) atoms. The Morgan fingerprint density at radius 3 is 2.14 bits per heavy atom. The molecule has 1 amide bonds. The molecule has 0 N–H and O–H groups in total. The van der Waals surface area contributed by atoms with Gasteiger partial charge in [0.25, 0.3) is 0 Å². The lowest BCUT2D eigenvalue weighted by atomic mass is 10.1. The van der Waals surface area contributed by atoms with Gasteiger partial charge in [-0.25, -0.2) is 12.8 Å². The van der Waals surface area contributed by atoms with E-state index in [1.807, 2.05) is 0 Å². The van der Waals surface area contributed by atoms with E-state index < -0.39 is 15.8 Å². The van der Waals surface area contributed by atoms with Crippen molar-refractivity contribution >= 4 is 21.7 Å². The highest BCUT2D eigenvalue weighted by atomic mass is 32.2. The fourth-order valence-electron chi connectivity index (χ4n) is 3.11. The molecule has 1 heterocycles. The molecule has 1 fully saturated rings. The molecule has 0 bridgehead atoms. The molecule has 0 spiro atoms. The Balaban J connectivity index is 1.63. The number of ketones is 1. The zero-order valence-corrected chi connectivity index (χ0v) is 16.3. The molecule has 148 valence electrons. The van der Waals surface area contributed by atoms with Gasteiger partial charge in [-0.1, -0.05) is 30.3 Å². The van der Waals surface area contributed by atoms with Crippen molar-refractivity contribution in [2.24, 2.45) is 0 Å². The number of halogens is 1. The maximum Gasteiger partial charge on any atom is 0.243 e. The van der Waals surface area contributed by atoms with Gasteiger partial charge in [-0.05, 0) is 30.7 Å². The highest BCUT2D eigenvalue weighted by molar-refractivity contribution is 7.89. The number of nitrogens with zero attached hydrogens (tertiary/aromatic N) is 2. The van der Waals surface area contributed by atoms with Crippen molar-refractivity contribution < 1.29 is 22.4 Å². The number of hydrogen-bond donors (Lipinski definition) is 0. The third-order valence-corrected chi connectivity index (χ3v) is 6.70. The van der Waals surface area contributed by atoms with Crippen LogP contribution in [-0.2, 0) is 21.2 Å². The molecule has 0 aromatic heterocycles. The molecule has 2 aromatic rings. The van der Waals surface area contributed by atoms with Gasteiger partial charge in [-0.2, -0.15) is 4.31 Å². The van der Waals surface area contributed by atoms with Crippen molar-refractivity contribution in [3.05, 3.63) is 65.5 Å². The first-order valence-electron chi connectivity index (χ1n) is 8.91. The van der Waals surface area contributed by atoms with E-state index in [9.17, 15) is 22.4 Å². The number of rotatable bonds is 5. The number of amides is 1.